The molecule has 5 heterocycles. The summed E-state index contributed by atoms with van der Waals surface area (Å²) in [6.07, 6.45) is 0. The van der Waals surface area contributed by atoms with Gasteiger partial charge in [-0.3, -0.25) is 0 Å². The van der Waals surface area contributed by atoms with Crippen LogP contribution >= 0.6 is 59.4 Å². The highest BCUT2D eigenvalue weighted by molar-refractivity contribution is 9.11. The van der Waals surface area contributed by atoms with Gasteiger partial charge < -0.3 is 38.3 Å². The lowest BCUT2D eigenvalue weighted by Crippen LogP contribution is -2.57. The monoisotopic (exact) mass is 1990 g/mol. The van der Waals surface area contributed by atoms with Crippen LogP contribution in [0.25, 0.3) is 131 Å². The molecule has 27 rings (SSSR count). The Kier molecular flexibility index (Phi) is 24.4. The lowest BCUT2D eigenvalue weighted by Gasteiger charge is -2.33. The first-order chi connectivity index (χ1) is 67.5. The van der Waals surface area contributed by atoms with Crippen molar-refractivity contribution in [2.45, 2.75) is 38.9 Å². The normalized spacial score (nSPS) is 13.2. The van der Waals surface area contributed by atoms with E-state index in [2.05, 4.69) is 421 Å². The predicted molar refractivity (Wildman–Crippen MR) is 589 cm³/mol. The fraction of sp³-hybridized carbons (Fsp3) is 0.0492. The minimum absolute atomic E-state index is 0.0675. The van der Waals surface area contributed by atoms with Crippen molar-refractivity contribution in [2.24, 2.45) is 0 Å². The molecule has 0 aromatic heterocycles. The van der Waals surface area contributed by atoms with Crippen LogP contribution in [0.5, 0.6) is 46.0 Å². The number of para-hydroxylation sites is 4. The van der Waals surface area contributed by atoms with E-state index >= 15 is 0 Å². The van der Waals surface area contributed by atoms with Crippen LogP contribution < -0.4 is 62.6 Å². The van der Waals surface area contributed by atoms with Crippen molar-refractivity contribution in [1.29, 1.82) is 0 Å². The van der Waals surface area contributed by atoms with E-state index in [0.717, 1.165) is 78.9 Å². The van der Waals surface area contributed by atoms with E-state index in [9.17, 15) is 0 Å². The third-order valence-corrected chi connectivity index (χ3v) is 30.0. The molecule has 0 unspecified atom stereocenters. The number of fused-ring (bicyclic) bond motifs is 16. The second-order valence-corrected chi connectivity index (χ2v) is 38.6. The molecule has 662 valence electrons. The minimum atomic E-state index is -1.34. The van der Waals surface area contributed by atoms with Crippen LogP contribution in [0.2, 0.25) is 5.02 Å². The molecule has 8 nitrogen and oxygen atoms in total. The van der Waals surface area contributed by atoms with E-state index in [0.29, 0.717) is 10.5 Å². The van der Waals surface area contributed by atoms with Gasteiger partial charge in [-0.25, -0.2) is 0 Å². The van der Waals surface area contributed by atoms with Gasteiger partial charge in [0.05, 0.1) is 11.2 Å². The smallest absolute Gasteiger partial charge is 0.458 e. The van der Waals surface area contributed by atoms with Crippen molar-refractivity contribution in [3.05, 3.63) is 455 Å². The van der Waals surface area contributed by atoms with Crippen LogP contribution in [0, 0.1) is 0 Å². The molecular weight excluding hydrogens is 1910 g/mol. The zero-order chi connectivity index (χ0) is 93.9. The molecule has 0 saturated carbocycles. The van der Waals surface area contributed by atoms with E-state index in [4.69, 9.17) is 49.9 Å². The van der Waals surface area contributed by atoms with Crippen LogP contribution in [0.3, 0.4) is 0 Å². The maximum absolute atomic E-state index is 8.58. The van der Waals surface area contributed by atoms with Crippen molar-refractivity contribution in [3.63, 3.8) is 0 Å². The van der Waals surface area contributed by atoms with Gasteiger partial charge in [0.15, 0.2) is 0 Å². The molecule has 1 fully saturated rings. The molecule has 22 aromatic rings. The summed E-state index contributed by atoms with van der Waals surface area (Å²) in [5, 5.41) is 37.5. The average Bonchev–Trinajstić information content (AvgIpc) is 0.837. The van der Waals surface area contributed by atoms with E-state index in [1.807, 2.05) is 66.7 Å². The number of ether oxygens (including phenoxy) is 4. The summed E-state index contributed by atoms with van der Waals surface area (Å²) >= 11 is 17.4. The van der Waals surface area contributed by atoms with Crippen molar-refractivity contribution < 1.29 is 38.3 Å². The topological polar surface area (TPSA) is 95.8 Å². The van der Waals surface area contributed by atoms with Crippen LogP contribution in [0.4, 0.5) is 0 Å². The molecule has 0 radical (unpaired) electrons. The van der Waals surface area contributed by atoms with Crippen LogP contribution in [0.1, 0.15) is 27.7 Å². The second kappa shape index (κ2) is 37.8. The molecule has 0 aliphatic carbocycles. The zero-order valence-corrected chi connectivity index (χ0v) is 81.2. The quantitative estimate of drug-likeness (QED) is 0.126. The highest BCUT2D eigenvalue weighted by atomic mass is 79.9. The molecule has 0 atom stereocenters. The van der Waals surface area contributed by atoms with Crippen molar-refractivity contribution in [3.8, 4) is 90.5 Å². The van der Waals surface area contributed by atoms with Crippen molar-refractivity contribution in [2.75, 3.05) is 0 Å². The zero-order valence-electron chi connectivity index (χ0n) is 75.7. The molecule has 16 heteroatoms. The second-order valence-electron chi connectivity index (χ2n) is 35.8. The summed E-state index contributed by atoms with van der Waals surface area (Å²) in [5.41, 5.74) is 17.5. The van der Waals surface area contributed by atoms with Gasteiger partial charge in [0.1, 0.15) is 46.0 Å². The standard InChI is InChI=1S/C38H23BO2.C26H25BO2.C20H13Br.C18H10BClO2.C14H8Br2.C6H7BO2/c1-2-12-24(13-3-1)36-26-14-4-6-16-28(26)37(29-17-7-5-15-27(29)36)25-22-34-38-35(23-25)41-33-21-11-9-19-31(33)39(38)30-18-8-10-20-32(30)40-34;1-25(2)26(3,4)29-27(28-25)24-21-16-10-8-14-19(21)23(18-12-6-5-7-13-18)20-15-9-11-17-22(20)24;21-20-17-12-6-4-10-15(17)19(14-8-2-1-3-9-14)16-11-5-7-13-18(16)20;20-11-9-16-18-17(10-11)22-15-8-4-2-6-13(15)19(18)12-5-1-3-7-14(12)21-16;15-13-9-5-1-2-6-10(9)14(16)12-8-4-3-7-11(12)13;8-7(9)6-4-2-1-3-5-6/h1-23H;5-17H,1-4H3;1-13H;1-10H;1-8H;1-5,8-9H. The first-order valence-electron chi connectivity index (χ1n) is 46.2. The first-order valence-corrected chi connectivity index (χ1v) is 49.0. The molecule has 5 aliphatic heterocycles. The van der Waals surface area contributed by atoms with Gasteiger partial charge in [-0.1, -0.05) is 400 Å². The van der Waals surface area contributed by atoms with Crippen LogP contribution in [-0.4, -0.2) is 48.9 Å². The van der Waals surface area contributed by atoms with Crippen LogP contribution in [0.15, 0.2) is 450 Å². The maximum atomic E-state index is 8.58. The fourth-order valence-corrected chi connectivity index (χ4v) is 22.5. The summed E-state index contributed by atoms with van der Waals surface area (Å²) in [6, 6.07) is 150. The van der Waals surface area contributed by atoms with Crippen molar-refractivity contribution in [1.82, 2.24) is 0 Å². The number of benzene rings is 22. The Labute approximate surface area is 832 Å². The number of hydrogen-bond donors (Lipinski definition) is 2. The Hall–Kier alpha value is -14.1. The van der Waals surface area contributed by atoms with Gasteiger partial charge in [0, 0.05) is 29.4 Å². The summed E-state index contributed by atoms with van der Waals surface area (Å²) in [7, 11) is -1.74. The molecular formula is C122H86B4Br3ClO8. The first kappa shape index (κ1) is 89.2. The molecule has 22 aromatic carbocycles. The lowest BCUT2D eigenvalue weighted by molar-refractivity contribution is 0.00578. The third-order valence-electron chi connectivity index (χ3n) is 27.2. The Morgan fingerprint density at radius 2 is 0.442 bits per heavy atom. The van der Waals surface area contributed by atoms with Crippen LogP contribution in [-0.2, 0) is 9.31 Å². The summed E-state index contributed by atoms with van der Waals surface area (Å²) in [4.78, 5) is 0. The Morgan fingerprint density at radius 3 is 0.717 bits per heavy atom. The number of hydrogen-bond acceptors (Lipinski definition) is 8. The molecule has 0 bridgehead atoms. The van der Waals surface area contributed by atoms with Gasteiger partial charge >= 0.3 is 14.2 Å². The van der Waals surface area contributed by atoms with Gasteiger partial charge in [-0.15, -0.1) is 0 Å². The van der Waals surface area contributed by atoms with E-state index in [1.54, 1.807) is 24.3 Å². The highest BCUT2D eigenvalue weighted by Gasteiger charge is 2.53. The average molecular weight is 2000 g/mol. The molecule has 138 heavy (non-hydrogen) atoms. The van der Waals surface area contributed by atoms with Gasteiger partial charge in [0.2, 0.25) is 0 Å². The van der Waals surface area contributed by atoms with E-state index < -0.39 is 14.2 Å². The van der Waals surface area contributed by atoms with Gasteiger partial charge in [-0.05, 0) is 287 Å². The fourth-order valence-electron chi connectivity index (χ4n) is 20.2. The predicted octanol–water partition coefficient (Wildman–Crippen LogP) is 28.4. The number of halogens is 4. The Morgan fingerprint density at radius 1 is 0.232 bits per heavy atom. The third kappa shape index (κ3) is 16.5. The lowest BCUT2D eigenvalue weighted by atomic mass is 9.35. The van der Waals surface area contributed by atoms with Gasteiger partial charge in [-0.2, -0.15) is 0 Å². The van der Waals surface area contributed by atoms with Gasteiger partial charge in [0.25, 0.3) is 13.4 Å². The largest absolute Gasteiger partial charge is 0.496 e. The maximum Gasteiger partial charge on any atom is 0.496 e. The minimum Gasteiger partial charge on any atom is -0.458 e. The SMILES string of the molecule is Brc1c2ccccc2c(-c2ccccc2)c2ccccc12.Brc1c2ccccc2c(Br)c2ccccc12.CC1(C)OB(c2c3ccccc3c(-c3ccccc3)c3ccccc23)OC1(C)C.Clc1cc2c3c(c1)Oc1ccccc1B3c1ccccc1O2.OB(O)c1ccccc1.c1ccc(-c2c3ccccc3c(-c3cc4c5c(c3)Oc3ccccc3B5c3ccccc3O4)c3ccccc23)cc1. The highest BCUT2D eigenvalue weighted by Crippen LogP contribution is 2.50. The molecule has 0 amide bonds. The van der Waals surface area contributed by atoms with Crippen molar-refractivity contribution >= 4 is 217 Å². The summed E-state index contributed by atoms with van der Waals surface area (Å²) < 4.78 is 41.9. The molecule has 1 saturated heterocycles. The Balaban J connectivity index is 0.000000101. The molecule has 5 aliphatic rings. The molecule has 2 N–H and O–H groups in total. The summed E-state index contributed by atoms with van der Waals surface area (Å²) in [5.74, 6) is 6.83. The summed E-state index contributed by atoms with van der Waals surface area (Å²) in [6.45, 7) is 8.62. The molecule has 0 spiro atoms. The Bertz CT molecular complexity index is 8040. The van der Waals surface area contributed by atoms with E-state index in [1.165, 1.54) is 149 Å². The number of rotatable bonds is 6. The van der Waals surface area contributed by atoms with E-state index in [-0.39, 0.29) is 24.6 Å².